The maximum Gasteiger partial charge on any atom is 0.231 e. The van der Waals surface area contributed by atoms with Crippen molar-refractivity contribution in [1.29, 1.82) is 0 Å². The second-order valence-electron chi connectivity index (χ2n) is 4.65. The van der Waals surface area contributed by atoms with Gasteiger partial charge in [0, 0.05) is 17.6 Å². The molecular formula is C12H16N4OS. The van der Waals surface area contributed by atoms with E-state index in [4.69, 9.17) is 4.52 Å². The first-order valence-corrected chi connectivity index (χ1v) is 7.13. The van der Waals surface area contributed by atoms with Crippen LogP contribution in [0.4, 0.5) is 0 Å². The van der Waals surface area contributed by atoms with Gasteiger partial charge in [0.25, 0.3) is 0 Å². The molecule has 0 radical (unpaired) electrons. The maximum absolute atomic E-state index is 5.36. The summed E-state index contributed by atoms with van der Waals surface area (Å²) in [4.78, 5) is 8.90. The number of hydrogen-bond acceptors (Lipinski definition) is 6. The summed E-state index contributed by atoms with van der Waals surface area (Å²) in [6.45, 7) is 4.03. The van der Waals surface area contributed by atoms with Crippen molar-refractivity contribution in [2.45, 2.75) is 32.1 Å². The third-order valence-electron chi connectivity index (χ3n) is 3.11. The molecule has 5 nitrogen and oxygen atoms in total. The SMILES string of the molecule is Cc1csc(Cc2noc([C@@H]3CCCNC3)n2)n1. The summed E-state index contributed by atoms with van der Waals surface area (Å²) in [5, 5.41) is 10.5. The molecule has 3 heterocycles. The molecule has 0 amide bonds. The van der Waals surface area contributed by atoms with E-state index in [1.807, 2.05) is 12.3 Å². The Morgan fingerprint density at radius 2 is 2.44 bits per heavy atom. The van der Waals surface area contributed by atoms with E-state index >= 15 is 0 Å². The molecule has 1 N–H and O–H groups in total. The van der Waals surface area contributed by atoms with Gasteiger partial charge in [0.2, 0.25) is 5.89 Å². The van der Waals surface area contributed by atoms with Crippen LogP contribution in [0.1, 0.15) is 41.2 Å². The summed E-state index contributed by atoms with van der Waals surface area (Å²) in [5.74, 6) is 1.88. The monoisotopic (exact) mass is 264 g/mol. The first kappa shape index (κ1) is 11.8. The van der Waals surface area contributed by atoms with E-state index in [2.05, 4.69) is 20.4 Å². The summed E-state index contributed by atoms with van der Waals surface area (Å²) in [7, 11) is 0. The highest BCUT2D eigenvalue weighted by Gasteiger charge is 2.21. The van der Waals surface area contributed by atoms with Crippen LogP contribution in [0.15, 0.2) is 9.90 Å². The van der Waals surface area contributed by atoms with Crippen molar-refractivity contribution in [1.82, 2.24) is 20.4 Å². The minimum atomic E-state index is 0.373. The highest BCUT2D eigenvalue weighted by atomic mass is 32.1. The largest absolute Gasteiger partial charge is 0.339 e. The van der Waals surface area contributed by atoms with Gasteiger partial charge < -0.3 is 9.84 Å². The van der Waals surface area contributed by atoms with Crippen molar-refractivity contribution in [2.75, 3.05) is 13.1 Å². The molecule has 0 aromatic carbocycles. The van der Waals surface area contributed by atoms with Gasteiger partial charge in [0.1, 0.15) is 5.01 Å². The zero-order valence-corrected chi connectivity index (χ0v) is 11.2. The van der Waals surface area contributed by atoms with Gasteiger partial charge in [-0.25, -0.2) is 4.98 Å². The lowest BCUT2D eigenvalue weighted by molar-refractivity contribution is 0.320. The Bertz CT molecular complexity index is 516. The molecule has 1 atom stereocenters. The standard InChI is InChI=1S/C12H16N4OS/c1-8-7-18-11(14-8)5-10-15-12(17-16-10)9-3-2-4-13-6-9/h7,9,13H,2-6H2,1H3/t9-/m1/s1. The summed E-state index contributed by atoms with van der Waals surface area (Å²) in [6.07, 6.45) is 2.97. The van der Waals surface area contributed by atoms with Gasteiger partial charge in [-0.05, 0) is 26.3 Å². The zero-order chi connectivity index (χ0) is 12.4. The molecule has 1 aliphatic rings. The van der Waals surface area contributed by atoms with Crippen molar-refractivity contribution in [2.24, 2.45) is 0 Å². The average molecular weight is 264 g/mol. The summed E-state index contributed by atoms with van der Waals surface area (Å²) < 4.78 is 5.36. The fourth-order valence-corrected chi connectivity index (χ4v) is 2.96. The van der Waals surface area contributed by atoms with Gasteiger partial charge in [-0.3, -0.25) is 0 Å². The Morgan fingerprint density at radius 1 is 1.50 bits per heavy atom. The van der Waals surface area contributed by atoms with Crippen LogP contribution < -0.4 is 5.32 Å². The molecule has 18 heavy (non-hydrogen) atoms. The Hall–Kier alpha value is -1.27. The number of piperidine rings is 1. The van der Waals surface area contributed by atoms with Gasteiger partial charge in [0.15, 0.2) is 5.82 Å². The predicted octanol–water partition coefficient (Wildman–Crippen LogP) is 1.89. The second kappa shape index (κ2) is 5.16. The summed E-state index contributed by atoms with van der Waals surface area (Å²) in [6, 6.07) is 0. The van der Waals surface area contributed by atoms with E-state index in [-0.39, 0.29) is 0 Å². The van der Waals surface area contributed by atoms with E-state index in [9.17, 15) is 0 Å². The Labute approximate surface area is 110 Å². The van der Waals surface area contributed by atoms with Gasteiger partial charge in [0.05, 0.1) is 12.3 Å². The number of thiazole rings is 1. The number of nitrogens with one attached hydrogen (secondary N) is 1. The summed E-state index contributed by atoms with van der Waals surface area (Å²) in [5.41, 5.74) is 1.05. The van der Waals surface area contributed by atoms with Gasteiger partial charge in [-0.1, -0.05) is 5.16 Å². The number of hydrogen-bond donors (Lipinski definition) is 1. The van der Waals surface area contributed by atoms with Crippen LogP contribution in [0, 0.1) is 6.92 Å². The molecule has 1 aliphatic heterocycles. The van der Waals surface area contributed by atoms with Crippen molar-refractivity contribution in [3.63, 3.8) is 0 Å². The first-order valence-electron chi connectivity index (χ1n) is 6.25. The molecular weight excluding hydrogens is 248 g/mol. The Morgan fingerprint density at radius 3 is 3.17 bits per heavy atom. The van der Waals surface area contributed by atoms with Crippen molar-refractivity contribution < 1.29 is 4.52 Å². The van der Waals surface area contributed by atoms with Gasteiger partial charge in [-0.2, -0.15) is 4.98 Å². The van der Waals surface area contributed by atoms with E-state index < -0.39 is 0 Å². The fourth-order valence-electron chi connectivity index (χ4n) is 2.19. The number of rotatable bonds is 3. The lowest BCUT2D eigenvalue weighted by Gasteiger charge is -2.18. The zero-order valence-electron chi connectivity index (χ0n) is 10.3. The third-order valence-corrected chi connectivity index (χ3v) is 4.07. The lowest BCUT2D eigenvalue weighted by Crippen LogP contribution is -2.28. The number of aryl methyl sites for hydroxylation is 1. The normalized spacial score (nSPS) is 20.2. The molecule has 1 fully saturated rings. The van der Waals surface area contributed by atoms with Crippen molar-refractivity contribution in [3.8, 4) is 0 Å². The topological polar surface area (TPSA) is 63.8 Å². The maximum atomic E-state index is 5.36. The Kier molecular flexibility index (Phi) is 3.38. The van der Waals surface area contributed by atoms with Crippen LogP contribution in [0.25, 0.3) is 0 Å². The highest BCUT2D eigenvalue weighted by molar-refractivity contribution is 7.09. The number of nitrogens with zero attached hydrogens (tertiary/aromatic N) is 3. The minimum Gasteiger partial charge on any atom is -0.339 e. The average Bonchev–Trinajstić information content (AvgIpc) is 3.01. The van der Waals surface area contributed by atoms with Crippen LogP contribution in [0.5, 0.6) is 0 Å². The van der Waals surface area contributed by atoms with Crippen LogP contribution in [0.2, 0.25) is 0 Å². The van der Waals surface area contributed by atoms with E-state index in [1.165, 1.54) is 6.42 Å². The van der Waals surface area contributed by atoms with Crippen molar-refractivity contribution >= 4 is 11.3 Å². The van der Waals surface area contributed by atoms with Crippen LogP contribution >= 0.6 is 11.3 Å². The van der Waals surface area contributed by atoms with Crippen LogP contribution in [0.3, 0.4) is 0 Å². The molecule has 0 unspecified atom stereocenters. The minimum absolute atomic E-state index is 0.373. The van der Waals surface area contributed by atoms with E-state index in [0.717, 1.165) is 41.9 Å². The summed E-state index contributed by atoms with van der Waals surface area (Å²) >= 11 is 1.64. The molecule has 96 valence electrons. The molecule has 2 aromatic rings. The molecule has 0 aliphatic carbocycles. The van der Waals surface area contributed by atoms with Crippen LogP contribution in [-0.2, 0) is 6.42 Å². The van der Waals surface area contributed by atoms with Gasteiger partial charge in [-0.15, -0.1) is 11.3 Å². The molecule has 1 saturated heterocycles. The van der Waals surface area contributed by atoms with E-state index in [1.54, 1.807) is 11.3 Å². The molecule has 3 rings (SSSR count). The predicted molar refractivity (Wildman–Crippen MR) is 68.8 cm³/mol. The third kappa shape index (κ3) is 2.59. The second-order valence-corrected chi connectivity index (χ2v) is 5.59. The van der Waals surface area contributed by atoms with E-state index in [0.29, 0.717) is 12.3 Å². The highest BCUT2D eigenvalue weighted by Crippen LogP contribution is 2.22. The molecule has 0 bridgehead atoms. The van der Waals surface area contributed by atoms with Gasteiger partial charge >= 0.3 is 0 Å². The fraction of sp³-hybridized carbons (Fsp3) is 0.583. The first-order chi connectivity index (χ1) is 8.81. The molecule has 0 saturated carbocycles. The smallest absolute Gasteiger partial charge is 0.231 e. The number of aromatic nitrogens is 3. The molecule has 6 heteroatoms. The van der Waals surface area contributed by atoms with Crippen molar-refractivity contribution in [3.05, 3.63) is 27.8 Å². The van der Waals surface area contributed by atoms with Crippen LogP contribution in [-0.4, -0.2) is 28.2 Å². The quantitative estimate of drug-likeness (QED) is 0.917. The molecule has 2 aromatic heterocycles. The lowest BCUT2D eigenvalue weighted by atomic mass is 10.00. The molecule has 0 spiro atoms. The Balaban J connectivity index is 1.69.